The maximum absolute atomic E-state index is 11.2. The maximum atomic E-state index is 11.2. The zero-order chi connectivity index (χ0) is 11.3. The molecule has 0 spiro atoms. The molecule has 0 fully saturated rings. The van der Waals surface area contributed by atoms with Crippen molar-refractivity contribution in [1.29, 1.82) is 5.26 Å². The van der Waals surface area contributed by atoms with Crippen LogP contribution in [0.1, 0.15) is 22.8 Å². The third kappa shape index (κ3) is 2.47. The number of carbonyl (C=O) groups excluding carboxylic acids is 1. The Morgan fingerprint density at radius 3 is 2.80 bits per heavy atom. The first-order valence-electron chi connectivity index (χ1n) is 4.48. The van der Waals surface area contributed by atoms with Gasteiger partial charge in [0.2, 0.25) is 0 Å². The number of benzene rings is 1. The second-order valence-corrected chi connectivity index (χ2v) is 2.75. The Morgan fingerprint density at radius 1 is 1.53 bits per heavy atom. The van der Waals surface area contributed by atoms with Crippen molar-refractivity contribution in [3.05, 3.63) is 29.3 Å². The van der Waals surface area contributed by atoms with Gasteiger partial charge >= 0.3 is 5.97 Å². The van der Waals surface area contributed by atoms with Crippen LogP contribution < -0.4 is 4.74 Å². The van der Waals surface area contributed by atoms with Crippen LogP contribution in [0.2, 0.25) is 0 Å². The molecule has 1 aromatic rings. The molecule has 4 heteroatoms. The predicted molar refractivity (Wildman–Crippen MR) is 53.7 cm³/mol. The first-order valence-corrected chi connectivity index (χ1v) is 4.48. The standard InChI is InChI=1S/C11H11NO3/c1-3-15-10-5-4-8(11(13)14-2)6-9(10)7-12/h4-6H,3H2,1-2H3. The molecule has 0 aromatic heterocycles. The van der Waals surface area contributed by atoms with E-state index in [9.17, 15) is 4.79 Å². The van der Waals surface area contributed by atoms with Crippen molar-refractivity contribution in [2.45, 2.75) is 6.92 Å². The van der Waals surface area contributed by atoms with Gasteiger partial charge in [-0.15, -0.1) is 0 Å². The van der Waals surface area contributed by atoms with Crippen LogP contribution in [0.15, 0.2) is 18.2 Å². The molecule has 1 aromatic carbocycles. The number of carbonyl (C=O) groups is 1. The van der Waals surface area contributed by atoms with E-state index in [4.69, 9.17) is 10.00 Å². The number of esters is 1. The van der Waals surface area contributed by atoms with Crippen molar-refractivity contribution in [2.24, 2.45) is 0 Å². The molecule has 0 saturated heterocycles. The minimum Gasteiger partial charge on any atom is -0.492 e. The summed E-state index contributed by atoms with van der Waals surface area (Å²) in [5, 5.41) is 8.84. The van der Waals surface area contributed by atoms with Gasteiger partial charge in [0, 0.05) is 0 Å². The second-order valence-electron chi connectivity index (χ2n) is 2.75. The lowest BCUT2D eigenvalue weighted by atomic mass is 10.1. The SMILES string of the molecule is CCOc1ccc(C(=O)OC)cc1C#N. The number of methoxy groups -OCH3 is 1. The van der Waals surface area contributed by atoms with Crippen LogP contribution in [0.4, 0.5) is 0 Å². The predicted octanol–water partition coefficient (Wildman–Crippen LogP) is 1.74. The Labute approximate surface area is 88.0 Å². The van der Waals surface area contributed by atoms with Crippen LogP contribution in [0.3, 0.4) is 0 Å². The fourth-order valence-corrected chi connectivity index (χ4v) is 1.14. The van der Waals surface area contributed by atoms with Gasteiger partial charge in [0.25, 0.3) is 0 Å². The highest BCUT2D eigenvalue weighted by molar-refractivity contribution is 5.90. The van der Waals surface area contributed by atoms with Crippen molar-refractivity contribution >= 4 is 5.97 Å². The highest BCUT2D eigenvalue weighted by Gasteiger charge is 2.09. The fraction of sp³-hybridized carbons (Fsp3) is 0.273. The molecule has 0 saturated carbocycles. The molecule has 0 N–H and O–H groups in total. The molecule has 0 unspecified atom stereocenters. The van der Waals surface area contributed by atoms with E-state index in [0.717, 1.165) is 0 Å². The fourth-order valence-electron chi connectivity index (χ4n) is 1.14. The Hall–Kier alpha value is -2.02. The number of hydrogen-bond donors (Lipinski definition) is 0. The largest absolute Gasteiger partial charge is 0.492 e. The van der Waals surface area contributed by atoms with Gasteiger partial charge in [0.1, 0.15) is 11.8 Å². The number of nitriles is 1. The minimum absolute atomic E-state index is 0.333. The number of nitrogens with zero attached hydrogens (tertiary/aromatic N) is 1. The third-order valence-electron chi connectivity index (χ3n) is 1.82. The van der Waals surface area contributed by atoms with Gasteiger partial charge in [-0.1, -0.05) is 0 Å². The van der Waals surface area contributed by atoms with Crippen LogP contribution in [-0.2, 0) is 4.74 Å². The van der Waals surface area contributed by atoms with Crippen LogP contribution >= 0.6 is 0 Å². The minimum atomic E-state index is -0.463. The van der Waals surface area contributed by atoms with Gasteiger partial charge in [0.05, 0.1) is 24.8 Å². The molecule has 0 heterocycles. The lowest BCUT2D eigenvalue weighted by Crippen LogP contribution is -2.02. The molecule has 0 radical (unpaired) electrons. The number of ether oxygens (including phenoxy) is 2. The molecular weight excluding hydrogens is 194 g/mol. The molecule has 1 rings (SSSR count). The summed E-state index contributed by atoms with van der Waals surface area (Å²) in [4.78, 5) is 11.2. The smallest absolute Gasteiger partial charge is 0.337 e. The summed E-state index contributed by atoms with van der Waals surface area (Å²) in [6, 6.07) is 6.58. The van der Waals surface area contributed by atoms with E-state index in [2.05, 4.69) is 4.74 Å². The summed E-state index contributed by atoms with van der Waals surface area (Å²) in [6.07, 6.45) is 0. The average molecular weight is 205 g/mol. The lowest BCUT2D eigenvalue weighted by Gasteiger charge is -2.06. The van der Waals surface area contributed by atoms with E-state index < -0.39 is 5.97 Å². The first-order chi connectivity index (χ1) is 7.22. The van der Waals surface area contributed by atoms with Gasteiger partial charge in [0.15, 0.2) is 0 Å². The number of hydrogen-bond acceptors (Lipinski definition) is 4. The Bertz CT molecular complexity index is 407. The van der Waals surface area contributed by atoms with Crippen LogP contribution in [0.25, 0.3) is 0 Å². The zero-order valence-corrected chi connectivity index (χ0v) is 8.61. The summed E-state index contributed by atoms with van der Waals surface area (Å²) < 4.78 is 9.77. The summed E-state index contributed by atoms with van der Waals surface area (Å²) >= 11 is 0. The Kier molecular flexibility index (Phi) is 3.69. The normalized spacial score (nSPS) is 9.13. The highest BCUT2D eigenvalue weighted by Crippen LogP contribution is 2.19. The average Bonchev–Trinajstić information content (AvgIpc) is 2.29. The Balaban J connectivity index is 3.09. The van der Waals surface area contributed by atoms with Gasteiger partial charge in [-0.2, -0.15) is 5.26 Å². The van der Waals surface area contributed by atoms with Gasteiger partial charge in [-0.3, -0.25) is 0 Å². The molecule has 0 amide bonds. The van der Waals surface area contributed by atoms with Gasteiger partial charge in [-0.25, -0.2) is 4.79 Å². The molecule has 0 aliphatic heterocycles. The highest BCUT2D eigenvalue weighted by atomic mass is 16.5. The first kappa shape index (κ1) is 11.1. The topological polar surface area (TPSA) is 59.3 Å². The molecule has 15 heavy (non-hydrogen) atoms. The van der Waals surface area contributed by atoms with Gasteiger partial charge in [-0.05, 0) is 25.1 Å². The van der Waals surface area contributed by atoms with Crippen molar-refractivity contribution < 1.29 is 14.3 Å². The second kappa shape index (κ2) is 5.01. The third-order valence-corrected chi connectivity index (χ3v) is 1.82. The van der Waals surface area contributed by atoms with Gasteiger partial charge < -0.3 is 9.47 Å². The summed E-state index contributed by atoms with van der Waals surface area (Å²) in [6.45, 7) is 2.31. The van der Waals surface area contributed by atoms with Crippen molar-refractivity contribution in [1.82, 2.24) is 0 Å². The summed E-state index contributed by atoms with van der Waals surface area (Å²) in [7, 11) is 1.30. The van der Waals surface area contributed by atoms with E-state index >= 15 is 0 Å². The van der Waals surface area contributed by atoms with Crippen LogP contribution in [-0.4, -0.2) is 19.7 Å². The lowest BCUT2D eigenvalue weighted by molar-refractivity contribution is 0.0600. The van der Waals surface area contributed by atoms with E-state index in [1.54, 1.807) is 12.1 Å². The van der Waals surface area contributed by atoms with E-state index in [1.807, 2.05) is 13.0 Å². The van der Waals surface area contributed by atoms with E-state index in [-0.39, 0.29) is 0 Å². The molecule has 0 aliphatic rings. The maximum Gasteiger partial charge on any atom is 0.337 e. The summed E-state index contributed by atoms with van der Waals surface area (Å²) in [5.74, 6) is 0.0159. The van der Waals surface area contributed by atoms with Crippen LogP contribution in [0, 0.1) is 11.3 Å². The molecule has 4 nitrogen and oxygen atoms in total. The molecule has 78 valence electrons. The Morgan fingerprint density at radius 2 is 2.27 bits per heavy atom. The van der Waals surface area contributed by atoms with E-state index in [0.29, 0.717) is 23.5 Å². The monoisotopic (exact) mass is 205 g/mol. The summed E-state index contributed by atoms with van der Waals surface area (Å²) in [5.41, 5.74) is 0.678. The van der Waals surface area contributed by atoms with Crippen LogP contribution in [0.5, 0.6) is 5.75 Å². The number of rotatable bonds is 3. The van der Waals surface area contributed by atoms with Crippen molar-refractivity contribution in [3.63, 3.8) is 0 Å². The zero-order valence-electron chi connectivity index (χ0n) is 8.61. The molecular formula is C11H11NO3. The van der Waals surface area contributed by atoms with E-state index in [1.165, 1.54) is 13.2 Å². The molecule has 0 aliphatic carbocycles. The molecule has 0 atom stereocenters. The molecule has 0 bridgehead atoms. The van der Waals surface area contributed by atoms with Crippen molar-refractivity contribution in [2.75, 3.05) is 13.7 Å². The van der Waals surface area contributed by atoms with Crippen molar-refractivity contribution in [3.8, 4) is 11.8 Å². The quantitative estimate of drug-likeness (QED) is 0.705.